The van der Waals surface area contributed by atoms with Crippen molar-refractivity contribution in [2.24, 2.45) is 13.0 Å². The van der Waals surface area contributed by atoms with Crippen molar-refractivity contribution in [1.29, 1.82) is 0 Å². The fraction of sp³-hybridized carbons (Fsp3) is 0.588. The van der Waals surface area contributed by atoms with E-state index in [1.807, 2.05) is 24.1 Å². The van der Waals surface area contributed by atoms with Gasteiger partial charge in [-0.2, -0.15) is 5.10 Å². The lowest BCUT2D eigenvalue weighted by Gasteiger charge is -2.36. The summed E-state index contributed by atoms with van der Waals surface area (Å²) in [6, 6.07) is 2.08. The van der Waals surface area contributed by atoms with E-state index in [1.165, 1.54) is 5.69 Å². The normalized spacial score (nSPS) is 25.3. The summed E-state index contributed by atoms with van der Waals surface area (Å²) in [5, 5.41) is 4.29. The molecule has 4 rings (SSSR count). The Morgan fingerprint density at radius 2 is 2.04 bits per heavy atom. The molecule has 0 saturated carbocycles. The van der Waals surface area contributed by atoms with Gasteiger partial charge in [0.2, 0.25) is 0 Å². The summed E-state index contributed by atoms with van der Waals surface area (Å²) in [5.41, 5.74) is 1.19. The molecule has 0 N–H and O–H groups in total. The molecule has 2 aliphatic heterocycles. The van der Waals surface area contributed by atoms with Crippen molar-refractivity contribution in [2.45, 2.75) is 12.5 Å². The van der Waals surface area contributed by atoms with E-state index in [0.717, 1.165) is 51.6 Å². The number of nitrogens with zero attached hydrogens (tertiary/aromatic N) is 6. The summed E-state index contributed by atoms with van der Waals surface area (Å²) in [4.78, 5) is 13.4. The van der Waals surface area contributed by atoms with E-state index in [0.29, 0.717) is 5.92 Å². The number of rotatable bonds is 4. The molecule has 2 fully saturated rings. The molecule has 2 aliphatic rings. The molecule has 0 unspecified atom stereocenters. The van der Waals surface area contributed by atoms with Crippen molar-refractivity contribution in [3.8, 4) is 0 Å². The lowest BCUT2D eigenvalue weighted by Crippen LogP contribution is -2.48. The van der Waals surface area contributed by atoms with Crippen LogP contribution in [0.3, 0.4) is 0 Å². The smallest absolute Gasteiger partial charge is 0.147 e. The zero-order chi connectivity index (χ0) is 16.4. The lowest BCUT2D eigenvalue weighted by atomic mass is 9.98. The largest absolute Gasteiger partial charge is 0.372 e. The first kappa shape index (κ1) is 15.5. The van der Waals surface area contributed by atoms with Gasteiger partial charge in [0.25, 0.3) is 0 Å². The van der Waals surface area contributed by atoms with Crippen LogP contribution in [-0.4, -0.2) is 64.0 Å². The first-order chi connectivity index (χ1) is 11.8. The summed E-state index contributed by atoms with van der Waals surface area (Å²) >= 11 is 0. The van der Waals surface area contributed by atoms with Crippen LogP contribution in [0.5, 0.6) is 0 Å². The number of hydrogen-bond acceptors (Lipinski definition) is 6. The molecule has 2 atom stereocenters. The molecule has 2 saturated heterocycles. The summed E-state index contributed by atoms with van der Waals surface area (Å²) < 4.78 is 7.95. The Bertz CT molecular complexity index is 652. The van der Waals surface area contributed by atoms with Crippen LogP contribution in [-0.2, 0) is 11.8 Å². The van der Waals surface area contributed by atoms with Gasteiger partial charge in [0, 0.05) is 70.9 Å². The molecule has 4 heterocycles. The van der Waals surface area contributed by atoms with E-state index in [4.69, 9.17) is 4.74 Å². The third kappa shape index (κ3) is 3.14. The van der Waals surface area contributed by atoms with E-state index < -0.39 is 0 Å². The quantitative estimate of drug-likeness (QED) is 0.838. The number of aryl methyl sites for hydroxylation is 1. The van der Waals surface area contributed by atoms with Gasteiger partial charge in [-0.25, -0.2) is 4.98 Å². The molecule has 0 amide bonds. The van der Waals surface area contributed by atoms with Crippen molar-refractivity contribution in [2.75, 3.05) is 44.2 Å². The van der Waals surface area contributed by atoms with Crippen LogP contribution in [0, 0.1) is 5.92 Å². The highest BCUT2D eigenvalue weighted by Crippen LogP contribution is 2.34. The predicted molar refractivity (Wildman–Crippen MR) is 90.7 cm³/mol. The molecule has 24 heavy (non-hydrogen) atoms. The van der Waals surface area contributed by atoms with Gasteiger partial charge < -0.3 is 9.64 Å². The third-order valence-corrected chi connectivity index (χ3v) is 5.10. The number of hydrogen-bond donors (Lipinski definition) is 0. The fourth-order valence-electron chi connectivity index (χ4n) is 3.76. The fourth-order valence-corrected chi connectivity index (χ4v) is 3.76. The van der Waals surface area contributed by atoms with E-state index in [1.54, 1.807) is 12.4 Å². The number of ether oxygens (including phenoxy) is 1. The molecule has 0 bridgehead atoms. The van der Waals surface area contributed by atoms with Crippen LogP contribution in [0.1, 0.15) is 18.2 Å². The van der Waals surface area contributed by atoms with Gasteiger partial charge >= 0.3 is 0 Å². The second-order valence-corrected chi connectivity index (χ2v) is 6.57. The second kappa shape index (κ2) is 6.86. The topological polar surface area (TPSA) is 59.3 Å². The highest BCUT2D eigenvalue weighted by Gasteiger charge is 2.33. The average molecular weight is 328 g/mol. The summed E-state index contributed by atoms with van der Waals surface area (Å²) in [5.74, 6) is 1.53. The SMILES string of the molecule is Cn1nccc1[C@@H]1OCC[C@H]1CN1CCN(c2cnccn2)CC1. The summed E-state index contributed by atoms with van der Waals surface area (Å²) in [7, 11) is 1.99. The van der Waals surface area contributed by atoms with Crippen molar-refractivity contribution in [3.05, 3.63) is 36.5 Å². The first-order valence-electron chi connectivity index (χ1n) is 8.64. The Balaban J connectivity index is 1.34. The van der Waals surface area contributed by atoms with Crippen LogP contribution in [0.4, 0.5) is 5.82 Å². The van der Waals surface area contributed by atoms with Gasteiger partial charge in [0.05, 0.1) is 11.9 Å². The summed E-state index contributed by atoms with van der Waals surface area (Å²) in [6.45, 7) is 6.06. The standard InChI is InChI=1S/C17H24N6O/c1-21-15(2-4-20-21)17-14(3-11-24-17)13-22-7-9-23(10-8-22)16-12-18-5-6-19-16/h2,4-6,12,14,17H,3,7-11,13H2,1H3/t14-,17+/m0/s1. The molecule has 0 aromatic carbocycles. The minimum atomic E-state index is 0.176. The Morgan fingerprint density at radius 1 is 1.17 bits per heavy atom. The Hall–Kier alpha value is -1.99. The van der Waals surface area contributed by atoms with E-state index in [2.05, 4.69) is 30.9 Å². The maximum atomic E-state index is 6.01. The molecule has 7 heteroatoms. The molecular weight excluding hydrogens is 304 g/mol. The van der Waals surface area contributed by atoms with Crippen molar-refractivity contribution < 1.29 is 4.74 Å². The highest BCUT2D eigenvalue weighted by molar-refractivity contribution is 5.35. The van der Waals surface area contributed by atoms with Gasteiger partial charge in [-0.1, -0.05) is 0 Å². The van der Waals surface area contributed by atoms with Crippen LogP contribution in [0.2, 0.25) is 0 Å². The van der Waals surface area contributed by atoms with Crippen LogP contribution >= 0.6 is 0 Å². The third-order valence-electron chi connectivity index (χ3n) is 5.10. The Morgan fingerprint density at radius 3 is 2.75 bits per heavy atom. The average Bonchev–Trinajstić information content (AvgIpc) is 3.25. The van der Waals surface area contributed by atoms with Gasteiger partial charge in [-0.3, -0.25) is 14.6 Å². The first-order valence-corrected chi connectivity index (χ1v) is 8.64. The number of anilines is 1. The van der Waals surface area contributed by atoms with E-state index in [-0.39, 0.29) is 6.10 Å². The maximum absolute atomic E-state index is 6.01. The number of aromatic nitrogens is 4. The van der Waals surface area contributed by atoms with Crippen LogP contribution < -0.4 is 4.90 Å². The van der Waals surface area contributed by atoms with E-state index >= 15 is 0 Å². The van der Waals surface area contributed by atoms with Gasteiger partial charge in [0.15, 0.2) is 0 Å². The van der Waals surface area contributed by atoms with E-state index in [9.17, 15) is 0 Å². The zero-order valence-electron chi connectivity index (χ0n) is 14.1. The zero-order valence-corrected chi connectivity index (χ0v) is 14.1. The van der Waals surface area contributed by atoms with Crippen molar-refractivity contribution >= 4 is 5.82 Å². The van der Waals surface area contributed by atoms with Gasteiger partial charge in [0.1, 0.15) is 11.9 Å². The molecule has 2 aromatic rings. The predicted octanol–water partition coefficient (Wildman–Crippen LogP) is 1.11. The van der Waals surface area contributed by atoms with Gasteiger partial charge in [-0.05, 0) is 12.5 Å². The molecule has 2 aromatic heterocycles. The maximum Gasteiger partial charge on any atom is 0.147 e. The Kier molecular flexibility index (Phi) is 4.44. The molecule has 0 radical (unpaired) electrons. The minimum Gasteiger partial charge on any atom is -0.372 e. The van der Waals surface area contributed by atoms with Crippen molar-refractivity contribution in [1.82, 2.24) is 24.6 Å². The molecule has 128 valence electrons. The molecule has 7 nitrogen and oxygen atoms in total. The molecule has 0 aliphatic carbocycles. The monoisotopic (exact) mass is 328 g/mol. The highest BCUT2D eigenvalue weighted by atomic mass is 16.5. The minimum absolute atomic E-state index is 0.176. The Labute approximate surface area is 142 Å². The molecular formula is C17H24N6O. The molecule has 0 spiro atoms. The lowest BCUT2D eigenvalue weighted by molar-refractivity contribution is 0.0711. The van der Waals surface area contributed by atoms with Crippen LogP contribution in [0.15, 0.2) is 30.9 Å². The summed E-state index contributed by atoms with van der Waals surface area (Å²) in [6.07, 6.45) is 8.48. The number of piperazine rings is 1. The second-order valence-electron chi connectivity index (χ2n) is 6.57. The van der Waals surface area contributed by atoms with Crippen molar-refractivity contribution in [3.63, 3.8) is 0 Å². The van der Waals surface area contributed by atoms with Crippen LogP contribution in [0.25, 0.3) is 0 Å². The van der Waals surface area contributed by atoms with Gasteiger partial charge in [-0.15, -0.1) is 0 Å².